The molecule has 3 aromatic heterocycles. The van der Waals surface area contributed by atoms with Crippen LogP contribution < -0.4 is 0 Å². The lowest BCUT2D eigenvalue weighted by atomic mass is 9.93. The van der Waals surface area contributed by atoms with Gasteiger partial charge in [0.05, 0.1) is 27.9 Å². The second kappa shape index (κ2) is 13.3. The first kappa shape index (κ1) is 33.2. The second-order valence-electron chi connectivity index (χ2n) is 15.3. The zero-order valence-electron chi connectivity index (χ0n) is 31.9. The minimum absolute atomic E-state index is 0.931. The van der Waals surface area contributed by atoms with E-state index in [2.05, 4.69) is 204 Å². The number of aromatic nitrogens is 4. The third-order valence-electron chi connectivity index (χ3n) is 11.8. The van der Waals surface area contributed by atoms with Crippen LogP contribution in [0.3, 0.4) is 0 Å². The molecule has 0 spiro atoms. The van der Waals surface area contributed by atoms with Crippen molar-refractivity contribution in [1.29, 1.82) is 0 Å². The van der Waals surface area contributed by atoms with Crippen LogP contribution in [-0.2, 0) is 0 Å². The number of benzene rings is 9. The molecule has 0 atom stereocenters. The average molecular weight is 751 g/mol. The first-order chi connectivity index (χ1) is 29.2. The van der Waals surface area contributed by atoms with Crippen molar-refractivity contribution in [3.05, 3.63) is 206 Å². The fourth-order valence-corrected chi connectivity index (χ4v) is 8.91. The smallest absolute Gasteiger partial charge is 0.101 e. The Morgan fingerprint density at radius 3 is 1.76 bits per heavy atom. The van der Waals surface area contributed by atoms with E-state index in [4.69, 9.17) is 10.1 Å². The summed E-state index contributed by atoms with van der Waals surface area (Å²) in [5, 5.41) is 16.0. The molecule has 274 valence electrons. The van der Waals surface area contributed by atoms with Crippen molar-refractivity contribution in [3.63, 3.8) is 0 Å². The van der Waals surface area contributed by atoms with Crippen LogP contribution >= 0.6 is 0 Å². The first-order valence-electron chi connectivity index (χ1n) is 20.0. The Balaban J connectivity index is 0.932. The Morgan fingerprint density at radius 1 is 0.373 bits per heavy atom. The molecule has 0 radical (unpaired) electrons. The molecule has 12 rings (SSSR count). The summed E-state index contributed by atoms with van der Waals surface area (Å²) in [5.41, 5.74) is 12.8. The lowest BCUT2D eigenvalue weighted by Crippen LogP contribution is -1.96. The van der Waals surface area contributed by atoms with E-state index >= 15 is 0 Å². The van der Waals surface area contributed by atoms with Gasteiger partial charge >= 0.3 is 0 Å². The fourth-order valence-electron chi connectivity index (χ4n) is 8.91. The minimum atomic E-state index is 0.931. The predicted molar refractivity (Wildman–Crippen MR) is 246 cm³/mol. The van der Waals surface area contributed by atoms with E-state index in [9.17, 15) is 0 Å². The Morgan fingerprint density at radius 2 is 0.966 bits per heavy atom. The molecule has 0 aliphatic carbocycles. The van der Waals surface area contributed by atoms with Gasteiger partial charge < -0.3 is 0 Å². The molecule has 0 bridgehead atoms. The standard InChI is InChI=1S/C55H34N4/c1-3-10-36(11-4-1)49-34-41-12-7-8-16-48(41)55-51(49)52(58-59(55)45-14-5-2-6-15-45)38-19-17-35(18-20-38)40-25-28-46-42(32-40)23-24-43-33-44(26-29-47(43)46)50-30-27-39-22-21-37-13-9-31-56-53(37)54(39)57-50/h1-34H. The lowest BCUT2D eigenvalue weighted by molar-refractivity contribution is 0.918. The fraction of sp³-hybridized carbons (Fsp3) is 0. The van der Waals surface area contributed by atoms with E-state index in [1.165, 1.54) is 49.0 Å². The second-order valence-corrected chi connectivity index (χ2v) is 15.3. The monoisotopic (exact) mass is 750 g/mol. The summed E-state index contributed by atoms with van der Waals surface area (Å²) in [7, 11) is 0. The van der Waals surface area contributed by atoms with Crippen LogP contribution in [0.25, 0.3) is 115 Å². The van der Waals surface area contributed by atoms with Gasteiger partial charge in [0.25, 0.3) is 0 Å². The predicted octanol–water partition coefficient (Wildman–Crippen LogP) is 14.2. The largest absolute Gasteiger partial charge is 0.254 e. The summed E-state index contributed by atoms with van der Waals surface area (Å²) < 4.78 is 2.13. The van der Waals surface area contributed by atoms with E-state index in [-0.39, 0.29) is 0 Å². The summed E-state index contributed by atoms with van der Waals surface area (Å²) >= 11 is 0. The average Bonchev–Trinajstić information content (AvgIpc) is 3.72. The van der Waals surface area contributed by atoms with Crippen LogP contribution in [-0.4, -0.2) is 19.7 Å². The van der Waals surface area contributed by atoms with Crippen LogP contribution in [0, 0.1) is 0 Å². The molecule has 0 aliphatic rings. The lowest BCUT2D eigenvalue weighted by Gasteiger charge is -2.11. The quantitative estimate of drug-likeness (QED) is 0.165. The number of pyridine rings is 2. The van der Waals surface area contributed by atoms with E-state index in [0.29, 0.717) is 0 Å². The summed E-state index contributed by atoms with van der Waals surface area (Å²) in [4.78, 5) is 9.76. The van der Waals surface area contributed by atoms with Gasteiger partial charge in [-0.2, -0.15) is 5.10 Å². The zero-order valence-corrected chi connectivity index (χ0v) is 31.9. The van der Waals surface area contributed by atoms with Gasteiger partial charge in [-0.25, -0.2) is 9.67 Å². The number of hydrogen-bond acceptors (Lipinski definition) is 3. The Kier molecular flexibility index (Phi) is 7.50. The minimum Gasteiger partial charge on any atom is -0.254 e. The SMILES string of the molecule is c1ccc(-c2cc3ccccc3c3c2c(-c2ccc(-c4ccc5c(ccc6cc(-c7ccc8ccc9cccnc9c8n7)ccc65)c4)cc2)nn3-c2ccccc2)cc1. The van der Waals surface area contributed by atoms with Gasteiger partial charge in [0.1, 0.15) is 5.69 Å². The maximum Gasteiger partial charge on any atom is 0.101 e. The van der Waals surface area contributed by atoms with E-state index < -0.39 is 0 Å². The van der Waals surface area contributed by atoms with Crippen molar-refractivity contribution in [1.82, 2.24) is 19.7 Å². The van der Waals surface area contributed by atoms with Gasteiger partial charge in [0.2, 0.25) is 0 Å². The number of rotatable bonds is 5. The van der Waals surface area contributed by atoms with Crippen LogP contribution in [0.1, 0.15) is 0 Å². The molecule has 0 N–H and O–H groups in total. The van der Waals surface area contributed by atoms with Crippen molar-refractivity contribution < 1.29 is 0 Å². The third kappa shape index (κ3) is 5.49. The molecule has 59 heavy (non-hydrogen) atoms. The van der Waals surface area contributed by atoms with Gasteiger partial charge in [0, 0.05) is 38.9 Å². The highest BCUT2D eigenvalue weighted by Gasteiger charge is 2.21. The molecule has 0 aliphatic heterocycles. The molecule has 0 fully saturated rings. The number of nitrogens with zero attached hydrogens (tertiary/aromatic N) is 4. The van der Waals surface area contributed by atoms with Crippen LogP contribution in [0.2, 0.25) is 0 Å². The van der Waals surface area contributed by atoms with Gasteiger partial charge in [-0.1, -0.05) is 158 Å². The van der Waals surface area contributed by atoms with Crippen molar-refractivity contribution in [2.45, 2.75) is 0 Å². The molecule has 12 aromatic rings. The molecule has 0 saturated carbocycles. The molecule has 0 unspecified atom stereocenters. The normalized spacial score (nSPS) is 11.7. The molecule has 0 amide bonds. The summed E-state index contributed by atoms with van der Waals surface area (Å²) in [5.74, 6) is 0. The molecular weight excluding hydrogens is 717 g/mol. The first-order valence-corrected chi connectivity index (χ1v) is 20.0. The summed E-state index contributed by atoms with van der Waals surface area (Å²) in [6.07, 6.45) is 1.84. The van der Waals surface area contributed by atoms with Crippen molar-refractivity contribution in [3.8, 4) is 50.5 Å². The zero-order chi connectivity index (χ0) is 38.9. The highest BCUT2D eigenvalue weighted by atomic mass is 15.3. The maximum atomic E-state index is 5.40. The van der Waals surface area contributed by atoms with Crippen LogP contribution in [0.15, 0.2) is 206 Å². The Bertz CT molecular complexity index is 3590. The number of fused-ring (bicyclic) bond motifs is 9. The highest BCUT2D eigenvalue weighted by Crippen LogP contribution is 2.42. The van der Waals surface area contributed by atoms with E-state index in [1.807, 2.05) is 12.3 Å². The molecular formula is C55H34N4. The number of hydrogen-bond donors (Lipinski definition) is 0. The van der Waals surface area contributed by atoms with Gasteiger partial charge in [-0.15, -0.1) is 0 Å². The molecule has 4 nitrogen and oxygen atoms in total. The maximum absolute atomic E-state index is 5.40. The van der Waals surface area contributed by atoms with Crippen molar-refractivity contribution >= 4 is 65.0 Å². The van der Waals surface area contributed by atoms with E-state index in [1.54, 1.807) is 0 Å². The number of para-hydroxylation sites is 1. The van der Waals surface area contributed by atoms with Crippen molar-refractivity contribution in [2.75, 3.05) is 0 Å². The third-order valence-corrected chi connectivity index (χ3v) is 11.8. The van der Waals surface area contributed by atoms with Crippen molar-refractivity contribution in [2.24, 2.45) is 0 Å². The highest BCUT2D eigenvalue weighted by molar-refractivity contribution is 6.17. The molecule has 3 heterocycles. The van der Waals surface area contributed by atoms with Gasteiger partial charge in [-0.05, 0) is 91.6 Å². The Hall–Kier alpha value is -7.95. The molecule has 9 aromatic carbocycles. The molecule has 0 saturated heterocycles. The topological polar surface area (TPSA) is 43.6 Å². The summed E-state index contributed by atoms with van der Waals surface area (Å²) in [6.45, 7) is 0. The summed E-state index contributed by atoms with van der Waals surface area (Å²) in [6, 6.07) is 71.5. The van der Waals surface area contributed by atoms with E-state index in [0.717, 1.165) is 66.5 Å². The Labute approximate surface area is 340 Å². The van der Waals surface area contributed by atoms with Gasteiger partial charge in [0.15, 0.2) is 0 Å². The van der Waals surface area contributed by atoms with Crippen LogP contribution in [0.5, 0.6) is 0 Å². The van der Waals surface area contributed by atoms with Gasteiger partial charge in [-0.3, -0.25) is 4.98 Å². The van der Waals surface area contributed by atoms with Crippen LogP contribution in [0.4, 0.5) is 0 Å². The molecule has 4 heteroatoms.